The van der Waals surface area contributed by atoms with Crippen LogP contribution in [0.25, 0.3) is 0 Å². The van der Waals surface area contributed by atoms with Gasteiger partial charge in [0.1, 0.15) is 5.82 Å². The minimum absolute atomic E-state index is 0.817. The van der Waals surface area contributed by atoms with Gasteiger partial charge in [0.05, 0.1) is 5.75 Å². The maximum Gasteiger partial charge on any atom is 0.139 e. The van der Waals surface area contributed by atoms with E-state index in [1.807, 2.05) is 13.1 Å². The fourth-order valence-corrected chi connectivity index (χ4v) is 2.92. The zero-order valence-corrected chi connectivity index (χ0v) is 13.1. The maximum absolute atomic E-state index is 4.64. The lowest BCUT2D eigenvalue weighted by atomic mass is 10.1. The molecule has 1 aromatic carbocycles. The minimum atomic E-state index is 0.817. The predicted molar refractivity (Wildman–Crippen MR) is 85.1 cm³/mol. The molecule has 0 atom stereocenters. The molecule has 3 nitrogen and oxygen atoms in total. The van der Waals surface area contributed by atoms with Crippen LogP contribution in [0.2, 0.25) is 0 Å². The predicted octanol–water partition coefficient (Wildman–Crippen LogP) is 3.15. The topological polar surface area (TPSA) is 37.8 Å². The molecule has 0 radical (unpaired) electrons. The molecular weight excluding hydrogens is 266 g/mol. The highest BCUT2D eigenvalue weighted by atomic mass is 32.2. The maximum atomic E-state index is 4.64. The summed E-state index contributed by atoms with van der Waals surface area (Å²) < 4.78 is 0. The number of rotatable bonds is 6. The van der Waals surface area contributed by atoms with Gasteiger partial charge in [0, 0.05) is 16.3 Å². The van der Waals surface area contributed by atoms with Gasteiger partial charge in [-0.15, -0.1) is 11.8 Å². The Morgan fingerprint density at radius 1 is 1.05 bits per heavy atom. The van der Waals surface area contributed by atoms with Crippen LogP contribution in [0.4, 0.5) is 0 Å². The van der Waals surface area contributed by atoms with Gasteiger partial charge in [-0.2, -0.15) is 0 Å². The molecule has 1 heterocycles. The highest BCUT2D eigenvalue weighted by Gasteiger charge is 2.08. The lowest BCUT2D eigenvalue weighted by molar-refractivity contribution is 0.769. The van der Waals surface area contributed by atoms with Crippen molar-refractivity contribution < 1.29 is 0 Å². The Bertz CT molecular complexity index is 532. The highest BCUT2D eigenvalue weighted by molar-refractivity contribution is 7.98. The smallest absolute Gasteiger partial charge is 0.139 e. The molecule has 0 unspecified atom stereocenters. The van der Waals surface area contributed by atoms with Crippen molar-refractivity contribution in [3.05, 3.63) is 53.1 Å². The fraction of sp³-hybridized carbons (Fsp3) is 0.375. The van der Waals surface area contributed by atoms with Crippen molar-refractivity contribution in [3.8, 4) is 0 Å². The van der Waals surface area contributed by atoms with E-state index in [2.05, 4.69) is 53.4 Å². The van der Waals surface area contributed by atoms with Crippen LogP contribution in [0.3, 0.4) is 0 Å². The second kappa shape index (κ2) is 7.41. The minimum Gasteiger partial charge on any atom is -0.319 e. The van der Waals surface area contributed by atoms with Crippen LogP contribution in [0.15, 0.2) is 35.2 Å². The molecule has 0 aliphatic carbocycles. The summed E-state index contributed by atoms with van der Waals surface area (Å²) in [6.07, 6.45) is 0.986. The van der Waals surface area contributed by atoms with Crippen molar-refractivity contribution in [1.29, 1.82) is 0 Å². The van der Waals surface area contributed by atoms with Gasteiger partial charge in [-0.3, -0.25) is 0 Å². The van der Waals surface area contributed by atoms with Crippen LogP contribution in [-0.4, -0.2) is 23.6 Å². The molecule has 0 bridgehead atoms. The van der Waals surface area contributed by atoms with Crippen molar-refractivity contribution >= 4 is 11.8 Å². The summed E-state index contributed by atoms with van der Waals surface area (Å²) in [5.74, 6) is 1.74. The van der Waals surface area contributed by atoms with E-state index in [0.29, 0.717) is 0 Å². The molecule has 2 rings (SSSR count). The molecule has 0 fully saturated rings. The molecule has 2 aromatic rings. The van der Waals surface area contributed by atoms with E-state index in [9.17, 15) is 0 Å². The van der Waals surface area contributed by atoms with E-state index in [-0.39, 0.29) is 0 Å². The average molecular weight is 287 g/mol. The average Bonchev–Trinajstić information content (AvgIpc) is 2.45. The van der Waals surface area contributed by atoms with Crippen LogP contribution in [0.1, 0.15) is 22.8 Å². The Morgan fingerprint density at radius 2 is 1.70 bits per heavy atom. The van der Waals surface area contributed by atoms with Gasteiger partial charge in [-0.25, -0.2) is 9.97 Å². The number of benzene rings is 1. The van der Waals surface area contributed by atoms with Crippen LogP contribution in [0.5, 0.6) is 0 Å². The van der Waals surface area contributed by atoms with Crippen LogP contribution in [0, 0.1) is 13.8 Å². The van der Waals surface area contributed by atoms with E-state index in [4.69, 9.17) is 0 Å². The molecule has 4 heteroatoms. The third-order valence-corrected chi connectivity index (χ3v) is 4.21. The van der Waals surface area contributed by atoms with E-state index in [1.54, 1.807) is 11.8 Å². The van der Waals surface area contributed by atoms with E-state index in [1.165, 1.54) is 10.5 Å². The third kappa shape index (κ3) is 4.05. The molecule has 0 saturated heterocycles. The Labute approximate surface area is 125 Å². The first-order chi connectivity index (χ1) is 9.70. The summed E-state index contributed by atoms with van der Waals surface area (Å²) in [4.78, 5) is 10.5. The van der Waals surface area contributed by atoms with Gasteiger partial charge in [0.25, 0.3) is 0 Å². The number of likely N-dealkylation sites (N-methyl/N-ethyl adjacent to an activating group) is 1. The molecular formula is C16H21N3S. The summed E-state index contributed by atoms with van der Waals surface area (Å²) in [6.45, 7) is 5.12. The van der Waals surface area contributed by atoms with Gasteiger partial charge in [0.15, 0.2) is 0 Å². The monoisotopic (exact) mass is 287 g/mol. The van der Waals surface area contributed by atoms with E-state index >= 15 is 0 Å². The van der Waals surface area contributed by atoms with Gasteiger partial charge in [-0.1, -0.05) is 18.2 Å². The zero-order chi connectivity index (χ0) is 14.4. The molecule has 0 aliphatic rings. The Morgan fingerprint density at radius 3 is 2.30 bits per heavy atom. The summed E-state index contributed by atoms with van der Waals surface area (Å²) >= 11 is 1.78. The van der Waals surface area contributed by atoms with Crippen molar-refractivity contribution in [3.63, 3.8) is 0 Å². The largest absolute Gasteiger partial charge is 0.319 e. The molecule has 1 aromatic heterocycles. The number of nitrogens with zero attached hydrogens (tertiary/aromatic N) is 2. The molecule has 0 amide bonds. The van der Waals surface area contributed by atoms with Crippen LogP contribution in [-0.2, 0) is 12.2 Å². The lowest BCUT2D eigenvalue weighted by Crippen LogP contribution is -2.14. The number of aryl methyl sites for hydroxylation is 2. The van der Waals surface area contributed by atoms with Crippen molar-refractivity contribution in [1.82, 2.24) is 15.3 Å². The van der Waals surface area contributed by atoms with Gasteiger partial charge >= 0.3 is 0 Å². The summed E-state index contributed by atoms with van der Waals surface area (Å²) in [7, 11) is 1.97. The van der Waals surface area contributed by atoms with Gasteiger partial charge < -0.3 is 5.32 Å². The Balaban J connectivity index is 2.06. The Kier molecular flexibility index (Phi) is 5.56. The van der Waals surface area contributed by atoms with Crippen LogP contribution >= 0.6 is 11.8 Å². The molecule has 20 heavy (non-hydrogen) atoms. The van der Waals surface area contributed by atoms with Crippen molar-refractivity contribution in [2.45, 2.75) is 30.9 Å². The third-order valence-electron chi connectivity index (χ3n) is 3.20. The number of thioether (sulfide) groups is 1. The number of hydrogen-bond acceptors (Lipinski definition) is 4. The van der Waals surface area contributed by atoms with Crippen molar-refractivity contribution in [2.24, 2.45) is 0 Å². The molecule has 0 aliphatic heterocycles. The molecule has 0 spiro atoms. The highest BCUT2D eigenvalue weighted by Crippen LogP contribution is 2.21. The SMILES string of the molecule is CNCCc1c(C)nc(CSc2ccccc2)nc1C. The van der Waals surface area contributed by atoms with Gasteiger partial charge in [-0.05, 0) is 51.6 Å². The second-order valence-electron chi connectivity index (χ2n) is 4.74. The molecule has 1 N–H and O–H groups in total. The summed E-state index contributed by atoms with van der Waals surface area (Å²) in [5.41, 5.74) is 3.49. The first-order valence-corrected chi connectivity index (χ1v) is 7.84. The van der Waals surface area contributed by atoms with Crippen molar-refractivity contribution in [2.75, 3.05) is 13.6 Å². The standard InChI is InChI=1S/C16H21N3S/c1-12-15(9-10-17-3)13(2)19-16(18-12)11-20-14-7-5-4-6-8-14/h4-8,17H,9-11H2,1-3H3. The quantitative estimate of drug-likeness (QED) is 0.828. The summed E-state index contributed by atoms with van der Waals surface area (Å²) in [5, 5.41) is 3.17. The summed E-state index contributed by atoms with van der Waals surface area (Å²) in [6, 6.07) is 10.4. The lowest BCUT2D eigenvalue weighted by Gasteiger charge is -2.10. The first kappa shape index (κ1) is 15.0. The van der Waals surface area contributed by atoms with Gasteiger partial charge in [0.2, 0.25) is 0 Å². The Hall–Kier alpha value is -1.39. The first-order valence-electron chi connectivity index (χ1n) is 6.86. The molecule has 106 valence electrons. The van der Waals surface area contributed by atoms with E-state index < -0.39 is 0 Å². The number of nitrogens with one attached hydrogen (secondary N) is 1. The van der Waals surface area contributed by atoms with Crippen LogP contribution < -0.4 is 5.32 Å². The zero-order valence-electron chi connectivity index (χ0n) is 12.3. The second-order valence-corrected chi connectivity index (χ2v) is 5.79. The number of hydrogen-bond donors (Lipinski definition) is 1. The fourth-order valence-electron chi connectivity index (χ4n) is 2.15. The van der Waals surface area contributed by atoms with E-state index in [0.717, 1.165) is 35.9 Å². The number of aromatic nitrogens is 2. The molecule has 0 saturated carbocycles. The normalized spacial score (nSPS) is 10.8.